The van der Waals surface area contributed by atoms with Crippen molar-refractivity contribution in [2.45, 2.75) is 46.9 Å². The summed E-state index contributed by atoms with van der Waals surface area (Å²) in [6, 6.07) is 8.77. The Bertz CT molecular complexity index is 550. The first kappa shape index (κ1) is 23.2. The zero-order valence-electron chi connectivity index (χ0n) is 16.6. The van der Waals surface area contributed by atoms with E-state index in [1.807, 2.05) is 0 Å². The Kier molecular flexibility index (Phi) is 11.2. The molecular weight excluding hydrogens is 439 g/mol. The van der Waals surface area contributed by atoms with E-state index in [0.29, 0.717) is 18.6 Å². The van der Waals surface area contributed by atoms with Gasteiger partial charge in [-0.15, -0.1) is 24.0 Å². The molecule has 1 fully saturated rings. The standard InChI is InChI=1S/C20H34N4O.HI/c1-5-21-20(22-12-16(2)3)23-13-18-7-6-8-19(11-18)15-24-9-10-25-17(4)14-24;/h6-8,11,16-17H,5,9-10,12-15H2,1-4H3,(H2,21,22,23);1H. The summed E-state index contributed by atoms with van der Waals surface area (Å²) in [6.45, 7) is 15.0. The van der Waals surface area contributed by atoms with E-state index in [-0.39, 0.29) is 24.0 Å². The number of nitrogens with one attached hydrogen (secondary N) is 2. The first-order valence-corrected chi connectivity index (χ1v) is 9.50. The van der Waals surface area contributed by atoms with Gasteiger partial charge in [0, 0.05) is 32.7 Å². The van der Waals surface area contributed by atoms with Crippen LogP contribution in [0.25, 0.3) is 0 Å². The molecule has 0 amide bonds. The summed E-state index contributed by atoms with van der Waals surface area (Å²) in [5, 5.41) is 6.70. The van der Waals surface area contributed by atoms with Gasteiger partial charge in [-0.05, 0) is 30.9 Å². The van der Waals surface area contributed by atoms with E-state index in [4.69, 9.17) is 9.73 Å². The molecular formula is C20H35IN4O. The Labute approximate surface area is 176 Å². The van der Waals surface area contributed by atoms with Crippen molar-refractivity contribution in [3.63, 3.8) is 0 Å². The number of rotatable bonds is 7. The average molecular weight is 474 g/mol. The molecule has 0 spiro atoms. The van der Waals surface area contributed by atoms with Crippen LogP contribution in [-0.2, 0) is 17.8 Å². The van der Waals surface area contributed by atoms with E-state index in [1.165, 1.54) is 11.1 Å². The molecule has 2 rings (SSSR count). The van der Waals surface area contributed by atoms with Crippen LogP contribution in [0.4, 0.5) is 0 Å². The molecule has 1 heterocycles. The molecule has 1 aliphatic heterocycles. The molecule has 0 bridgehead atoms. The van der Waals surface area contributed by atoms with Gasteiger partial charge >= 0.3 is 0 Å². The minimum Gasteiger partial charge on any atom is -0.376 e. The van der Waals surface area contributed by atoms with Crippen molar-refractivity contribution < 1.29 is 4.74 Å². The SMILES string of the molecule is CCNC(=NCc1cccc(CN2CCOC(C)C2)c1)NCC(C)C.I. The number of halogens is 1. The maximum atomic E-state index is 5.62. The van der Waals surface area contributed by atoms with E-state index in [2.05, 4.69) is 67.5 Å². The maximum Gasteiger partial charge on any atom is 0.191 e. The van der Waals surface area contributed by atoms with Crippen LogP contribution in [0.15, 0.2) is 29.3 Å². The second-order valence-corrected chi connectivity index (χ2v) is 7.21. The van der Waals surface area contributed by atoms with Gasteiger partial charge in [0.15, 0.2) is 5.96 Å². The van der Waals surface area contributed by atoms with Gasteiger partial charge in [0.1, 0.15) is 0 Å². The molecule has 6 heteroatoms. The van der Waals surface area contributed by atoms with Gasteiger partial charge in [-0.3, -0.25) is 4.90 Å². The second kappa shape index (κ2) is 12.5. The smallest absolute Gasteiger partial charge is 0.191 e. The van der Waals surface area contributed by atoms with Gasteiger partial charge in [-0.1, -0.05) is 38.1 Å². The van der Waals surface area contributed by atoms with Gasteiger partial charge in [0.2, 0.25) is 0 Å². The van der Waals surface area contributed by atoms with Crippen molar-refractivity contribution >= 4 is 29.9 Å². The summed E-state index contributed by atoms with van der Waals surface area (Å²) in [4.78, 5) is 7.18. The molecule has 26 heavy (non-hydrogen) atoms. The number of hydrogen-bond donors (Lipinski definition) is 2. The molecule has 1 aromatic carbocycles. The van der Waals surface area contributed by atoms with Crippen molar-refractivity contribution in [1.82, 2.24) is 15.5 Å². The highest BCUT2D eigenvalue weighted by atomic mass is 127. The van der Waals surface area contributed by atoms with Crippen molar-refractivity contribution in [3.05, 3.63) is 35.4 Å². The van der Waals surface area contributed by atoms with Gasteiger partial charge in [-0.2, -0.15) is 0 Å². The second-order valence-electron chi connectivity index (χ2n) is 7.21. The van der Waals surface area contributed by atoms with Gasteiger partial charge in [0.25, 0.3) is 0 Å². The Morgan fingerprint density at radius 1 is 1.31 bits per heavy atom. The molecule has 1 aromatic rings. The van der Waals surface area contributed by atoms with Gasteiger partial charge in [0.05, 0.1) is 19.3 Å². The fraction of sp³-hybridized carbons (Fsp3) is 0.650. The summed E-state index contributed by atoms with van der Waals surface area (Å²) in [6.07, 6.45) is 0.330. The lowest BCUT2D eigenvalue weighted by atomic mass is 10.1. The molecule has 1 saturated heterocycles. The quantitative estimate of drug-likeness (QED) is 0.362. The number of morpholine rings is 1. The summed E-state index contributed by atoms with van der Waals surface area (Å²) >= 11 is 0. The fourth-order valence-corrected chi connectivity index (χ4v) is 2.93. The summed E-state index contributed by atoms with van der Waals surface area (Å²) in [7, 11) is 0. The molecule has 1 atom stereocenters. The van der Waals surface area contributed by atoms with Crippen LogP contribution in [-0.4, -0.2) is 49.7 Å². The highest BCUT2D eigenvalue weighted by molar-refractivity contribution is 14.0. The Hall–Kier alpha value is -0.860. The zero-order valence-corrected chi connectivity index (χ0v) is 19.0. The highest BCUT2D eigenvalue weighted by Gasteiger charge is 2.16. The molecule has 1 unspecified atom stereocenters. The van der Waals surface area contributed by atoms with Crippen LogP contribution in [0.2, 0.25) is 0 Å². The van der Waals surface area contributed by atoms with E-state index >= 15 is 0 Å². The largest absolute Gasteiger partial charge is 0.376 e. The predicted molar refractivity (Wildman–Crippen MR) is 120 cm³/mol. The number of hydrogen-bond acceptors (Lipinski definition) is 3. The number of ether oxygens (including phenoxy) is 1. The van der Waals surface area contributed by atoms with Crippen molar-refractivity contribution in [2.24, 2.45) is 10.9 Å². The maximum absolute atomic E-state index is 5.62. The molecule has 0 radical (unpaired) electrons. The van der Waals surface area contributed by atoms with Crippen LogP contribution in [0, 0.1) is 5.92 Å². The highest BCUT2D eigenvalue weighted by Crippen LogP contribution is 2.12. The number of nitrogens with zero attached hydrogens (tertiary/aromatic N) is 2. The third kappa shape index (κ3) is 8.68. The third-order valence-electron chi connectivity index (χ3n) is 4.16. The van der Waals surface area contributed by atoms with Crippen LogP contribution in [0.5, 0.6) is 0 Å². The predicted octanol–water partition coefficient (Wildman–Crippen LogP) is 3.24. The van der Waals surface area contributed by atoms with Crippen LogP contribution in [0.3, 0.4) is 0 Å². The van der Waals surface area contributed by atoms with Crippen LogP contribution >= 0.6 is 24.0 Å². The molecule has 148 valence electrons. The minimum absolute atomic E-state index is 0. The monoisotopic (exact) mass is 474 g/mol. The molecule has 2 N–H and O–H groups in total. The summed E-state index contributed by atoms with van der Waals surface area (Å²) in [5.41, 5.74) is 2.60. The Balaban J connectivity index is 0.00000338. The minimum atomic E-state index is 0. The van der Waals surface area contributed by atoms with Crippen molar-refractivity contribution in [1.29, 1.82) is 0 Å². The Morgan fingerprint density at radius 3 is 2.77 bits per heavy atom. The van der Waals surface area contributed by atoms with E-state index in [0.717, 1.165) is 45.3 Å². The first-order valence-electron chi connectivity index (χ1n) is 9.50. The molecule has 1 aliphatic rings. The zero-order chi connectivity index (χ0) is 18.1. The lowest BCUT2D eigenvalue weighted by molar-refractivity contribution is -0.0212. The number of guanidine groups is 1. The number of aliphatic imine (C=N–C) groups is 1. The first-order chi connectivity index (χ1) is 12.1. The Morgan fingerprint density at radius 2 is 2.08 bits per heavy atom. The van der Waals surface area contributed by atoms with Crippen molar-refractivity contribution in [2.75, 3.05) is 32.8 Å². The fourth-order valence-electron chi connectivity index (χ4n) is 2.93. The molecule has 0 saturated carbocycles. The van der Waals surface area contributed by atoms with E-state index in [9.17, 15) is 0 Å². The van der Waals surface area contributed by atoms with Gasteiger partial charge < -0.3 is 15.4 Å². The van der Waals surface area contributed by atoms with Crippen molar-refractivity contribution in [3.8, 4) is 0 Å². The summed E-state index contributed by atoms with van der Waals surface area (Å²) < 4.78 is 5.62. The van der Waals surface area contributed by atoms with E-state index < -0.39 is 0 Å². The molecule has 5 nitrogen and oxygen atoms in total. The summed E-state index contributed by atoms with van der Waals surface area (Å²) in [5.74, 6) is 1.49. The molecule has 0 aromatic heterocycles. The third-order valence-corrected chi connectivity index (χ3v) is 4.16. The topological polar surface area (TPSA) is 48.9 Å². The van der Waals surface area contributed by atoms with Crippen LogP contribution in [0.1, 0.15) is 38.8 Å². The molecule has 0 aliphatic carbocycles. The average Bonchev–Trinajstić information content (AvgIpc) is 2.57. The lowest BCUT2D eigenvalue weighted by Crippen LogP contribution is -2.40. The normalized spacial score (nSPS) is 18.5. The lowest BCUT2D eigenvalue weighted by Gasteiger charge is -2.31. The number of benzene rings is 1. The van der Waals surface area contributed by atoms with Gasteiger partial charge in [-0.25, -0.2) is 4.99 Å². The van der Waals surface area contributed by atoms with Crippen LogP contribution < -0.4 is 10.6 Å². The van der Waals surface area contributed by atoms with E-state index in [1.54, 1.807) is 0 Å².